The van der Waals surface area contributed by atoms with Gasteiger partial charge in [-0.15, -0.1) is 0 Å². The Kier molecular flexibility index (Phi) is 2.07. The van der Waals surface area contributed by atoms with Crippen molar-refractivity contribution in [2.24, 2.45) is 16.8 Å². The lowest BCUT2D eigenvalue weighted by atomic mass is 9.94. The Morgan fingerprint density at radius 1 is 1.42 bits per heavy atom. The lowest BCUT2D eigenvalue weighted by Crippen LogP contribution is -2.33. The average Bonchev–Trinajstić information content (AvgIpc) is 2.47. The highest BCUT2D eigenvalue weighted by atomic mass is 15.2. The van der Waals surface area contributed by atoms with Crippen LogP contribution in [0, 0.1) is 11.8 Å². The van der Waals surface area contributed by atoms with E-state index in [4.69, 9.17) is 0 Å². The molecule has 1 fully saturated rings. The van der Waals surface area contributed by atoms with Crippen LogP contribution in [0.3, 0.4) is 0 Å². The maximum absolute atomic E-state index is 4.64. The number of rotatable bonds is 1. The Bertz CT molecular complexity index is 196. The number of hydrogen-bond acceptors (Lipinski definition) is 2. The molecule has 2 aliphatic heterocycles. The van der Waals surface area contributed by atoms with Crippen molar-refractivity contribution < 1.29 is 0 Å². The van der Waals surface area contributed by atoms with Crippen molar-refractivity contribution in [2.45, 2.75) is 26.7 Å². The molecular weight excluding hydrogens is 148 g/mol. The van der Waals surface area contributed by atoms with Crippen LogP contribution >= 0.6 is 0 Å². The summed E-state index contributed by atoms with van der Waals surface area (Å²) in [6.07, 6.45) is 2.59. The van der Waals surface area contributed by atoms with Gasteiger partial charge >= 0.3 is 0 Å². The quantitative estimate of drug-likeness (QED) is 0.579. The van der Waals surface area contributed by atoms with Gasteiger partial charge < -0.3 is 4.90 Å². The molecule has 68 valence electrons. The molecule has 12 heavy (non-hydrogen) atoms. The normalized spacial score (nSPS) is 29.1. The molecule has 0 spiro atoms. The van der Waals surface area contributed by atoms with E-state index in [1.54, 1.807) is 0 Å². The number of nitrogens with zero attached hydrogens (tertiary/aromatic N) is 2. The zero-order chi connectivity index (χ0) is 8.55. The first-order valence-corrected chi connectivity index (χ1v) is 5.08. The van der Waals surface area contributed by atoms with Crippen LogP contribution in [-0.2, 0) is 0 Å². The van der Waals surface area contributed by atoms with Crippen LogP contribution in [-0.4, -0.2) is 30.4 Å². The predicted octanol–water partition coefficient (Wildman–Crippen LogP) is 1.77. The molecule has 1 saturated heterocycles. The molecule has 1 atom stereocenters. The van der Waals surface area contributed by atoms with Gasteiger partial charge in [0.15, 0.2) is 0 Å². The summed E-state index contributed by atoms with van der Waals surface area (Å²) in [5, 5.41) is 0. The van der Waals surface area contributed by atoms with Gasteiger partial charge in [0.1, 0.15) is 5.84 Å². The van der Waals surface area contributed by atoms with Crippen LogP contribution in [0.15, 0.2) is 4.99 Å². The molecule has 2 rings (SSSR count). The summed E-state index contributed by atoms with van der Waals surface area (Å²) in [6.45, 7) is 8.19. The molecule has 0 bridgehead atoms. The van der Waals surface area contributed by atoms with Crippen LogP contribution in [0.4, 0.5) is 0 Å². The Morgan fingerprint density at radius 2 is 2.25 bits per heavy atom. The molecule has 0 aromatic carbocycles. The van der Waals surface area contributed by atoms with E-state index in [-0.39, 0.29) is 0 Å². The minimum absolute atomic E-state index is 0.755. The van der Waals surface area contributed by atoms with Gasteiger partial charge in [-0.05, 0) is 18.8 Å². The SMILES string of the molecule is CC(C)C1CCN2CCCN=C12. The second-order valence-electron chi connectivity index (χ2n) is 4.22. The first kappa shape index (κ1) is 8.09. The van der Waals surface area contributed by atoms with Gasteiger partial charge in [0.2, 0.25) is 0 Å². The lowest BCUT2D eigenvalue weighted by Gasteiger charge is -2.25. The van der Waals surface area contributed by atoms with Crippen LogP contribution in [0.2, 0.25) is 0 Å². The standard InChI is InChI=1S/C10H18N2/c1-8(2)9-4-7-12-6-3-5-11-10(9)12/h8-9H,3-7H2,1-2H3. The van der Waals surface area contributed by atoms with E-state index in [1.165, 1.54) is 31.8 Å². The third-order valence-corrected chi connectivity index (χ3v) is 3.03. The van der Waals surface area contributed by atoms with Crippen LogP contribution < -0.4 is 0 Å². The Balaban J connectivity index is 2.14. The molecule has 0 radical (unpaired) electrons. The van der Waals surface area contributed by atoms with Crippen molar-refractivity contribution in [3.63, 3.8) is 0 Å². The van der Waals surface area contributed by atoms with Gasteiger partial charge in [-0.2, -0.15) is 0 Å². The maximum atomic E-state index is 4.64. The van der Waals surface area contributed by atoms with Gasteiger partial charge in [-0.25, -0.2) is 0 Å². The van der Waals surface area contributed by atoms with Crippen molar-refractivity contribution in [1.29, 1.82) is 0 Å². The smallest absolute Gasteiger partial charge is 0.102 e. The number of aliphatic imine (C=N–C) groups is 1. The Labute approximate surface area is 74.7 Å². The first-order valence-electron chi connectivity index (χ1n) is 5.08. The fourth-order valence-corrected chi connectivity index (χ4v) is 2.30. The van der Waals surface area contributed by atoms with Gasteiger partial charge in [0.25, 0.3) is 0 Å². The molecular formula is C10H18N2. The minimum atomic E-state index is 0.755. The highest BCUT2D eigenvalue weighted by molar-refractivity contribution is 5.87. The molecule has 2 nitrogen and oxygen atoms in total. The van der Waals surface area contributed by atoms with Crippen molar-refractivity contribution in [3.05, 3.63) is 0 Å². The zero-order valence-corrected chi connectivity index (χ0v) is 8.08. The predicted molar refractivity (Wildman–Crippen MR) is 51.4 cm³/mol. The lowest BCUT2D eigenvalue weighted by molar-refractivity contribution is 0.427. The summed E-state index contributed by atoms with van der Waals surface area (Å²) < 4.78 is 0. The molecule has 2 aliphatic rings. The zero-order valence-electron chi connectivity index (χ0n) is 8.08. The second kappa shape index (κ2) is 3.08. The summed E-state index contributed by atoms with van der Waals surface area (Å²) in [7, 11) is 0. The van der Waals surface area contributed by atoms with E-state index in [0.717, 1.165) is 18.4 Å². The van der Waals surface area contributed by atoms with Crippen molar-refractivity contribution >= 4 is 5.84 Å². The third-order valence-electron chi connectivity index (χ3n) is 3.03. The third kappa shape index (κ3) is 1.23. The molecule has 0 saturated carbocycles. The van der Waals surface area contributed by atoms with E-state index < -0.39 is 0 Å². The maximum Gasteiger partial charge on any atom is 0.102 e. The fraction of sp³-hybridized carbons (Fsp3) is 0.900. The highest BCUT2D eigenvalue weighted by Crippen LogP contribution is 2.27. The number of fused-ring (bicyclic) bond motifs is 1. The average molecular weight is 166 g/mol. The van der Waals surface area contributed by atoms with Gasteiger partial charge in [-0.3, -0.25) is 4.99 Å². The van der Waals surface area contributed by atoms with E-state index in [9.17, 15) is 0 Å². The summed E-state index contributed by atoms with van der Waals surface area (Å²) in [5.41, 5.74) is 0. The fourth-order valence-electron chi connectivity index (χ4n) is 2.30. The van der Waals surface area contributed by atoms with E-state index in [0.29, 0.717) is 0 Å². The van der Waals surface area contributed by atoms with Crippen molar-refractivity contribution in [1.82, 2.24) is 4.90 Å². The molecule has 2 heteroatoms. The van der Waals surface area contributed by atoms with Gasteiger partial charge in [0, 0.05) is 25.6 Å². The molecule has 0 aromatic heterocycles. The topological polar surface area (TPSA) is 15.6 Å². The molecule has 0 N–H and O–H groups in total. The molecule has 2 heterocycles. The Morgan fingerprint density at radius 3 is 3.00 bits per heavy atom. The largest absolute Gasteiger partial charge is 0.360 e. The monoisotopic (exact) mass is 166 g/mol. The molecule has 0 aliphatic carbocycles. The summed E-state index contributed by atoms with van der Waals surface area (Å²) in [6, 6.07) is 0. The molecule has 0 aromatic rings. The Hall–Kier alpha value is -0.530. The number of hydrogen-bond donors (Lipinski definition) is 0. The highest BCUT2D eigenvalue weighted by Gasteiger charge is 2.32. The van der Waals surface area contributed by atoms with Crippen molar-refractivity contribution in [3.8, 4) is 0 Å². The van der Waals surface area contributed by atoms with E-state index >= 15 is 0 Å². The van der Waals surface area contributed by atoms with Gasteiger partial charge in [0.05, 0.1) is 0 Å². The molecule has 1 unspecified atom stereocenters. The summed E-state index contributed by atoms with van der Waals surface area (Å²) in [4.78, 5) is 7.12. The van der Waals surface area contributed by atoms with Crippen LogP contribution in [0.1, 0.15) is 26.7 Å². The van der Waals surface area contributed by atoms with Crippen LogP contribution in [0.25, 0.3) is 0 Å². The van der Waals surface area contributed by atoms with Crippen molar-refractivity contribution in [2.75, 3.05) is 19.6 Å². The summed E-state index contributed by atoms with van der Waals surface area (Å²) in [5.74, 6) is 2.94. The number of amidine groups is 1. The molecule has 0 amide bonds. The summed E-state index contributed by atoms with van der Waals surface area (Å²) >= 11 is 0. The van der Waals surface area contributed by atoms with Gasteiger partial charge in [-0.1, -0.05) is 13.8 Å². The van der Waals surface area contributed by atoms with E-state index in [1.807, 2.05) is 0 Å². The second-order valence-corrected chi connectivity index (χ2v) is 4.22. The first-order chi connectivity index (χ1) is 5.79. The van der Waals surface area contributed by atoms with Crippen LogP contribution in [0.5, 0.6) is 0 Å². The van der Waals surface area contributed by atoms with E-state index in [2.05, 4.69) is 23.7 Å². The minimum Gasteiger partial charge on any atom is -0.360 e.